The monoisotopic (exact) mass is 354 g/mol. The summed E-state index contributed by atoms with van der Waals surface area (Å²) >= 11 is 0. The lowest BCUT2D eigenvalue weighted by molar-refractivity contribution is 0.102. The zero-order valence-electron chi connectivity index (χ0n) is 15.2. The quantitative estimate of drug-likeness (QED) is 0.765. The van der Waals surface area contributed by atoms with Gasteiger partial charge < -0.3 is 19.7 Å². The summed E-state index contributed by atoms with van der Waals surface area (Å²) in [6.07, 6.45) is 2.13. The van der Waals surface area contributed by atoms with Crippen LogP contribution in [-0.2, 0) is 4.74 Å². The Morgan fingerprint density at radius 2 is 1.85 bits per heavy atom. The van der Waals surface area contributed by atoms with Gasteiger partial charge >= 0.3 is 0 Å². The third-order valence-corrected chi connectivity index (χ3v) is 4.39. The van der Waals surface area contributed by atoms with E-state index in [1.54, 1.807) is 12.1 Å². The van der Waals surface area contributed by atoms with E-state index in [1.807, 2.05) is 36.4 Å². The van der Waals surface area contributed by atoms with Crippen molar-refractivity contribution in [2.45, 2.75) is 19.8 Å². The first-order chi connectivity index (χ1) is 12.8. The Kier molecular flexibility index (Phi) is 6.50. The molecule has 1 aliphatic rings. The van der Waals surface area contributed by atoms with E-state index >= 15 is 0 Å². The predicted octanol–water partition coefficient (Wildman–Crippen LogP) is 3.95. The van der Waals surface area contributed by atoms with Crippen molar-refractivity contribution in [1.82, 2.24) is 0 Å². The van der Waals surface area contributed by atoms with E-state index in [0.717, 1.165) is 43.1 Å². The van der Waals surface area contributed by atoms with Crippen molar-refractivity contribution >= 4 is 17.3 Å². The minimum Gasteiger partial charge on any atom is -0.494 e. The highest BCUT2D eigenvalue weighted by Gasteiger charge is 2.16. The Balaban J connectivity index is 1.66. The predicted molar refractivity (Wildman–Crippen MR) is 104 cm³/mol. The zero-order valence-corrected chi connectivity index (χ0v) is 15.2. The van der Waals surface area contributed by atoms with Crippen LogP contribution in [0.5, 0.6) is 5.75 Å². The van der Waals surface area contributed by atoms with Gasteiger partial charge in [0.25, 0.3) is 5.91 Å². The van der Waals surface area contributed by atoms with Crippen LogP contribution < -0.4 is 15.0 Å². The smallest absolute Gasteiger partial charge is 0.255 e. The van der Waals surface area contributed by atoms with Crippen molar-refractivity contribution in [3.8, 4) is 5.75 Å². The van der Waals surface area contributed by atoms with Gasteiger partial charge in [-0.1, -0.05) is 25.5 Å². The molecule has 0 radical (unpaired) electrons. The molecular formula is C21H26N2O3. The molecule has 1 fully saturated rings. The van der Waals surface area contributed by atoms with Gasteiger partial charge in [-0.25, -0.2) is 0 Å². The number of nitrogens with zero attached hydrogens (tertiary/aromatic N) is 1. The summed E-state index contributed by atoms with van der Waals surface area (Å²) in [6.45, 7) is 5.91. The SMILES string of the molecule is CCCCOc1ccc(C(=O)Nc2ccccc2N2CCOCC2)cc1. The van der Waals surface area contributed by atoms with E-state index in [4.69, 9.17) is 9.47 Å². The molecule has 0 bridgehead atoms. The molecular weight excluding hydrogens is 328 g/mol. The number of carbonyl (C=O) groups excluding carboxylic acids is 1. The number of carbonyl (C=O) groups is 1. The van der Waals surface area contributed by atoms with Gasteiger partial charge in [0.05, 0.1) is 31.2 Å². The number of nitrogens with one attached hydrogen (secondary N) is 1. The lowest BCUT2D eigenvalue weighted by atomic mass is 10.1. The van der Waals surface area contributed by atoms with Crippen LogP contribution in [0.25, 0.3) is 0 Å². The van der Waals surface area contributed by atoms with Crippen LogP contribution in [0.2, 0.25) is 0 Å². The molecule has 0 spiro atoms. The molecule has 2 aromatic rings. The van der Waals surface area contributed by atoms with Gasteiger partial charge in [-0.3, -0.25) is 4.79 Å². The van der Waals surface area contributed by atoms with Gasteiger partial charge in [-0.05, 0) is 42.8 Å². The van der Waals surface area contributed by atoms with Gasteiger partial charge in [0.1, 0.15) is 5.75 Å². The molecule has 0 unspecified atom stereocenters. The summed E-state index contributed by atoms with van der Waals surface area (Å²) in [6, 6.07) is 15.2. The van der Waals surface area contributed by atoms with E-state index in [-0.39, 0.29) is 5.91 Å². The minimum atomic E-state index is -0.120. The zero-order chi connectivity index (χ0) is 18.2. The number of hydrogen-bond donors (Lipinski definition) is 1. The number of para-hydroxylation sites is 2. The molecule has 0 atom stereocenters. The second-order valence-electron chi connectivity index (χ2n) is 6.30. The maximum absolute atomic E-state index is 12.6. The standard InChI is InChI=1S/C21H26N2O3/c1-2-3-14-26-18-10-8-17(9-11-18)21(24)22-19-6-4-5-7-20(19)23-12-15-25-16-13-23/h4-11H,2-3,12-16H2,1H3,(H,22,24). The van der Waals surface area contributed by atoms with Gasteiger partial charge in [0.15, 0.2) is 0 Å². The minimum absolute atomic E-state index is 0.120. The van der Waals surface area contributed by atoms with E-state index in [9.17, 15) is 4.79 Å². The summed E-state index contributed by atoms with van der Waals surface area (Å²) in [7, 11) is 0. The Bertz CT molecular complexity index is 709. The van der Waals surface area contributed by atoms with Crippen LogP contribution in [0.1, 0.15) is 30.1 Å². The number of rotatable bonds is 7. The Labute approximate surface area is 154 Å². The molecule has 1 N–H and O–H groups in total. The van der Waals surface area contributed by atoms with E-state index in [1.165, 1.54) is 0 Å². The molecule has 2 aromatic carbocycles. The summed E-state index contributed by atoms with van der Waals surface area (Å²) in [5.74, 6) is 0.675. The maximum atomic E-state index is 12.6. The summed E-state index contributed by atoms with van der Waals surface area (Å²) in [5, 5.41) is 3.03. The van der Waals surface area contributed by atoms with Crippen molar-refractivity contribution in [2.75, 3.05) is 43.1 Å². The molecule has 5 nitrogen and oxygen atoms in total. The van der Waals surface area contributed by atoms with E-state index in [0.29, 0.717) is 25.4 Å². The van der Waals surface area contributed by atoms with Crippen LogP contribution in [0, 0.1) is 0 Å². The molecule has 26 heavy (non-hydrogen) atoms. The van der Waals surface area contributed by atoms with Crippen molar-refractivity contribution < 1.29 is 14.3 Å². The average molecular weight is 354 g/mol. The lowest BCUT2D eigenvalue weighted by Crippen LogP contribution is -2.36. The first-order valence-corrected chi connectivity index (χ1v) is 9.24. The number of morpholine rings is 1. The highest BCUT2D eigenvalue weighted by Crippen LogP contribution is 2.27. The fraction of sp³-hybridized carbons (Fsp3) is 0.381. The number of amides is 1. The third-order valence-electron chi connectivity index (χ3n) is 4.39. The van der Waals surface area contributed by atoms with Crippen molar-refractivity contribution in [3.05, 3.63) is 54.1 Å². The van der Waals surface area contributed by atoms with Crippen LogP contribution in [-0.4, -0.2) is 38.8 Å². The number of unbranched alkanes of at least 4 members (excludes halogenated alkanes) is 1. The number of anilines is 2. The number of benzene rings is 2. The molecule has 5 heteroatoms. The van der Waals surface area contributed by atoms with Crippen LogP contribution >= 0.6 is 0 Å². The van der Waals surface area contributed by atoms with Crippen molar-refractivity contribution in [2.24, 2.45) is 0 Å². The normalized spacial score (nSPS) is 14.1. The molecule has 0 aliphatic carbocycles. The van der Waals surface area contributed by atoms with Gasteiger partial charge in [-0.2, -0.15) is 0 Å². The Morgan fingerprint density at radius 3 is 2.58 bits per heavy atom. The Morgan fingerprint density at radius 1 is 1.12 bits per heavy atom. The first-order valence-electron chi connectivity index (χ1n) is 9.24. The van der Waals surface area contributed by atoms with Crippen LogP contribution in [0.4, 0.5) is 11.4 Å². The summed E-state index contributed by atoms with van der Waals surface area (Å²) in [4.78, 5) is 14.9. The number of ether oxygens (including phenoxy) is 2. The largest absolute Gasteiger partial charge is 0.494 e. The van der Waals surface area contributed by atoms with E-state index < -0.39 is 0 Å². The second kappa shape index (κ2) is 9.25. The fourth-order valence-electron chi connectivity index (χ4n) is 2.89. The molecule has 1 saturated heterocycles. The molecule has 3 rings (SSSR count). The van der Waals surface area contributed by atoms with Gasteiger partial charge in [-0.15, -0.1) is 0 Å². The van der Waals surface area contributed by atoms with Crippen LogP contribution in [0.15, 0.2) is 48.5 Å². The Hall–Kier alpha value is -2.53. The van der Waals surface area contributed by atoms with Crippen LogP contribution in [0.3, 0.4) is 0 Å². The molecule has 0 aromatic heterocycles. The number of hydrogen-bond acceptors (Lipinski definition) is 4. The van der Waals surface area contributed by atoms with Gasteiger partial charge in [0.2, 0.25) is 0 Å². The highest BCUT2D eigenvalue weighted by atomic mass is 16.5. The van der Waals surface area contributed by atoms with Crippen molar-refractivity contribution in [3.63, 3.8) is 0 Å². The summed E-state index contributed by atoms with van der Waals surface area (Å²) < 4.78 is 11.1. The summed E-state index contributed by atoms with van der Waals surface area (Å²) in [5.41, 5.74) is 2.47. The molecule has 1 amide bonds. The second-order valence-corrected chi connectivity index (χ2v) is 6.30. The average Bonchev–Trinajstić information content (AvgIpc) is 2.70. The molecule has 0 saturated carbocycles. The highest BCUT2D eigenvalue weighted by molar-refractivity contribution is 6.06. The maximum Gasteiger partial charge on any atom is 0.255 e. The molecule has 138 valence electrons. The van der Waals surface area contributed by atoms with Gasteiger partial charge in [0, 0.05) is 18.7 Å². The molecule has 1 heterocycles. The topological polar surface area (TPSA) is 50.8 Å². The fourth-order valence-corrected chi connectivity index (χ4v) is 2.89. The molecule has 1 aliphatic heterocycles. The lowest BCUT2D eigenvalue weighted by Gasteiger charge is -2.30. The third kappa shape index (κ3) is 4.76. The van der Waals surface area contributed by atoms with Crippen molar-refractivity contribution in [1.29, 1.82) is 0 Å². The van der Waals surface area contributed by atoms with E-state index in [2.05, 4.69) is 17.1 Å². The first kappa shape index (κ1) is 18.3.